The van der Waals surface area contributed by atoms with Gasteiger partial charge in [-0.15, -0.1) is 0 Å². The van der Waals surface area contributed by atoms with Gasteiger partial charge in [0, 0.05) is 6.54 Å². The lowest BCUT2D eigenvalue weighted by molar-refractivity contribution is 0.286. The van der Waals surface area contributed by atoms with Crippen LogP contribution in [0.3, 0.4) is 0 Å². The first-order chi connectivity index (χ1) is 11.2. The molecule has 1 N–H and O–H groups in total. The van der Waals surface area contributed by atoms with Crippen LogP contribution in [0.4, 0.5) is 0 Å². The predicted octanol–water partition coefficient (Wildman–Crippen LogP) is 4.07. The van der Waals surface area contributed by atoms with E-state index in [0.29, 0.717) is 11.4 Å². The third-order valence-corrected chi connectivity index (χ3v) is 4.07. The molecule has 0 saturated heterocycles. The zero-order chi connectivity index (χ0) is 16.1. The van der Waals surface area contributed by atoms with Crippen molar-refractivity contribution >= 4 is 12.2 Å². The molecule has 4 nitrogen and oxygen atoms in total. The van der Waals surface area contributed by atoms with Crippen molar-refractivity contribution in [1.29, 1.82) is 0 Å². The number of nitrogens with one attached hydrogen (secondary N) is 1. The van der Waals surface area contributed by atoms with Gasteiger partial charge in [0.25, 0.3) is 0 Å². The van der Waals surface area contributed by atoms with E-state index in [1.165, 1.54) is 5.56 Å². The van der Waals surface area contributed by atoms with E-state index in [0.717, 1.165) is 30.1 Å². The molecule has 0 aliphatic carbocycles. The van der Waals surface area contributed by atoms with Gasteiger partial charge in [-0.3, -0.25) is 5.10 Å². The van der Waals surface area contributed by atoms with Gasteiger partial charge in [0.2, 0.25) is 0 Å². The minimum Gasteiger partial charge on any atom is -0.485 e. The number of hydrogen-bond acceptors (Lipinski definition) is 3. The van der Waals surface area contributed by atoms with E-state index >= 15 is 0 Å². The van der Waals surface area contributed by atoms with Crippen molar-refractivity contribution in [3.8, 4) is 5.75 Å². The third kappa shape index (κ3) is 3.87. The Labute approximate surface area is 140 Å². The Bertz CT molecular complexity index is 824. The van der Waals surface area contributed by atoms with Gasteiger partial charge >= 0.3 is 0 Å². The van der Waals surface area contributed by atoms with E-state index < -0.39 is 0 Å². The van der Waals surface area contributed by atoms with Crippen molar-refractivity contribution in [2.75, 3.05) is 0 Å². The molecule has 23 heavy (non-hydrogen) atoms. The number of aromatic nitrogens is 3. The van der Waals surface area contributed by atoms with Gasteiger partial charge in [-0.25, -0.2) is 0 Å². The summed E-state index contributed by atoms with van der Waals surface area (Å²) in [5.74, 6) is 1.69. The smallest absolute Gasteiger partial charge is 0.195 e. The zero-order valence-corrected chi connectivity index (χ0v) is 13.8. The quantitative estimate of drug-likeness (QED) is 0.695. The van der Waals surface area contributed by atoms with Gasteiger partial charge < -0.3 is 9.30 Å². The molecule has 0 amide bonds. The van der Waals surface area contributed by atoms with Crippen LogP contribution in [0.15, 0.2) is 54.6 Å². The third-order valence-electron chi connectivity index (χ3n) is 3.75. The van der Waals surface area contributed by atoms with Crippen LogP contribution in [0.2, 0.25) is 0 Å². The molecule has 1 heterocycles. The van der Waals surface area contributed by atoms with Gasteiger partial charge in [-0.05, 0) is 42.8 Å². The molecule has 2 aromatic carbocycles. The van der Waals surface area contributed by atoms with Crippen LogP contribution in [-0.4, -0.2) is 14.8 Å². The number of ether oxygens (including phenoxy) is 1. The fourth-order valence-electron chi connectivity index (χ4n) is 2.44. The molecule has 0 radical (unpaired) electrons. The molecule has 0 spiro atoms. The highest BCUT2D eigenvalue weighted by Crippen LogP contribution is 2.17. The minimum atomic E-state index is 0.396. The molecule has 3 aromatic rings. The molecule has 3 rings (SSSR count). The topological polar surface area (TPSA) is 42.8 Å². The van der Waals surface area contributed by atoms with Gasteiger partial charge in [-0.1, -0.05) is 48.5 Å². The lowest BCUT2D eigenvalue weighted by Crippen LogP contribution is -2.09. The van der Waals surface area contributed by atoms with Gasteiger partial charge in [0.1, 0.15) is 12.4 Å². The predicted molar refractivity (Wildman–Crippen MR) is 93.1 cm³/mol. The number of benzene rings is 2. The van der Waals surface area contributed by atoms with Crippen LogP contribution in [-0.2, 0) is 19.6 Å². The number of aromatic amines is 1. The van der Waals surface area contributed by atoms with E-state index in [-0.39, 0.29) is 0 Å². The Morgan fingerprint density at radius 2 is 1.83 bits per heavy atom. The lowest BCUT2D eigenvalue weighted by Gasteiger charge is -2.10. The van der Waals surface area contributed by atoms with Crippen molar-refractivity contribution < 1.29 is 4.74 Å². The van der Waals surface area contributed by atoms with E-state index in [4.69, 9.17) is 17.0 Å². The molecule has 0 aliphatic heterocycles. The van der Waals surface area contributed by atoms with Crippen LogP contribution >= 0.6 is 12.2 Å². The monoisotopic (exact) mass is 325 g/mol. The summed E-state index contributed by atoms with van der Waals surface area (Å²) in [6.07, 6.45) is 0.909. The first kappa shape index (κ1) is 15.5. The zero-order valence-electron chi connectivity index (χ0n) is 13.0. The SMILES string of the molecule is Cc1ccccc1OCc1n[nH]c(=S)n1CCc1ccccc1. The summed E-state index contributed by atoms with van der Waals surface area (Å²) in [5.41, 5.74) is 2.39. The van der Waals surface area contributed by atoms with Crippen molar-refractivity contribution in [2.45, 2.75) is 26.5 Å². The summed E-state index contributed by atoms with van der Waals surface area (Å²) < 4.78 is 8.51. The largest absolute Gasteiger partial charge is 0.485 e. The van der Waals surface area contributed by atoms with E-state index in [9.17, 15) is 0 Å². The molecule has 0 bridgehead atoms. The summed E-state index contributed by atoms with van der Waals surface area (Å²) >= 11 is 5.33. The highest BCUT2D eigenvalue weighted by atomic mass is 32.1. The normalized spacial score (nSPS) is 10.7. The second-order valence-electron chi connectivity index (χ2n) is 5.39. The fourth-order valence-corrected chi connectivity index (χ4v) is 2.68. The van der Waals surface area contributed by atoms with Crippen LogP contribution in [0.1, 0.15) is 17.0 Å². The highest BCUT2D eigenvalue weighted by Gasteiger charge is 2.08. The number of para-hydroxylation sites is 1. The Hall–Kier alpha value is -2.40. The number of hydrogen-bond donors (Lipinski definition) is 1. The van der Waals surface area contributed by atoms with E-state index in [2.05, 4.69) is 22.3 Å². The minimum absolute atomic E-state index is 0.396. The summed E-state index contributed by atoms with van der Waals surface area (Å²) in [6.45, 7) is 3.21. The molecule has 0 unspecified atom stereocenters. The summed E-state index contributed by atoms with van der Waals surface area (Å²) in [6, 6.07) is 18.3. The molecule has 0 atom stereocenters. The van der Waals surface area contributed by atoms with Gasteiger partial charge in [0.05, 0.1) is 0 Å². The van der Waals surface area contributed by atoms with Crippen LogP contribution in [0.5, 0.6) is 5.75 Å². The maximum atomic E-state index is 5.88. The average molecular weight is 325 g/mol. The molecular weight excluding hydrogens is 306 g/mol. The van der Waals surface area contributed by atoms with E-state index in [1.807, 2.05) is 54.0 Å². The van der Waals surface area contributed by atoms with Crippen molar-refractivity contribution in [2.24, 2.45) is 0 Å². The first-order valence-electron chi connectivity index (χ1n) is 7.60. The lowest BCUT2D eigenvalue weighted by atomic mass is 10.1. The standard InChI is InChI=1S/C18H19N3OS/c1-14-7-5-6-10-16(14)22-13-17-19-20-18(23)21(17)12-11-15-8-3-2-4-9-15/h2-10H,11-13H2,1H3,(H,20,23). The summed E-state index contributed by atoms with van der Waals surface area (Å²) in [7, 11) is 0. The maximum Gasteiger partial charge on any atom is 0.195 e. The molecule has 0 aliphatic rings. The van der Waals surface area contributed by atoms with Crippen LogP contribution in [0, 0.1) is 11.7 Å². The fraction of sp³-hybridized carbons (Fsp3) is 0.222. The average Bonchev–Trinajstić information content (AvgIpc) is 2.93. The summed E-state index contributed by atoms with van der Waals surface area (Å²) in [5, 5.41) is 7.15. The number of nitrogens with zero attached hydrogens (tertiary/aromatic N) is 2. The Morgan fingerprint density at radius 1 is 1.09 bits per heavy atom. The van der Waals surface area contributed by atoms with Crippen molar-refractivity contribution in [3.63, 3.8) is 0 Å². The first-order valence-corrected chi connectivity index (χ1v) is 8.01. The molecule has 1 aromatic heterocycles. The van der Waals surface area contributed by atoms with Gasteiger partial charge in [-0.2, -0.15) is 5.10 Å². The van der Waals surface area contributed by atoms with Crippen LogP contribution < -0.4 is 4.74 Å². The van der Waals surface area contributed by atoms with E-state index in [1.54, 1.807) is 0 Å². The molecule has 0 fully saturated rings. The Morgan fingerprint density at radius 3 is 2.61 bits per heavy atom. The molecule has 5 heteroatoms. The van der Waals surface area contributed by atoms with Crippen molar-refractivity contribution in [1.82, 2.24) is 14.8 Å². The second kappa shape index (κ2) is 7.24. The Balaban J connectivity index is 1.69. The molecular formula is C18H19N3OS. The molecule has 0 saturated carbocycles. The highest BCUT2D eigenvalue weighted by molar-refractivity contribution is 7.71. The maximum absolute atomic E-state index is 5.88. The van der Waals surface area contributed by atoms with Gasteiger partial charge in [0.15, 0.2) is 10.6 Å². The number of H-pyrrole nitrogens is 1. The Kier molecular flexibility index (Phi) is 4.88. The summed E-state index contributed by atoms with van der Waals surface area (Å²) in [4.78, 5) is 0. The van der Waals surface area contributed by atoms with Crippen LogP contribution in [0.25, 0.3) is 0 Å². The number of rotatable bonds is 6. The second-order valence-corrected chi connectivity index (χ2v) is 5.77. The van der Waals surface area contributed by atoms with Crippen molar-refractivity contribution in [3.05, 3.63) is 76.3 Å². The molecule has 118 valence electrons. The number of aryl methyl sites for hydroxylation is 2.